The molecule has 1 aliphatic rings. The average Bonchev–Trinajstić information content (AvgIpc) is 3.64. The number of aliphatic hydroxyl groups excluding tert-OH is 1. The van der Waals surface area contributed by atoms with Crippen LogP contribution >= 0.6 is 0 Å². The van der Waals surface area contributed by atoms with Gasteiger partial charge in [0.2, 0.25) is 0 Å². The highest BCUT2D eigenvalue weighted by atomic mass is 16.3. The zero-order valence-corrected chi connectivity index (χ0v) is 24.4. The molecule has 4 N–H and O–H groups in total. The number of fused-ring (bicyclic) bond motifs is 2. The molecule has 3 heterocycles. The van der Waals surface area contributed by atoms with Gasteiger partial charge in [0.1, 0.15) is 0 Å². The molecule has 2 amide bonds. The number of piperidine rings is 1. The smallest absolute Gasteiger partial charge is 0.255 e. The number of carbonyl (C=O) groups excluding carboxylic acids is 2. The number of hydrogen-bond donors (Lipinski definition) is 4. The van der Waals surface area contributed by atoms with Gasteiger partial charge < -0.3 is 30.2 Å². The lowest BCUT2D eigenvalue weighted by atomic mass is 10.0. The predicted octanol–water partition coefficient (Wildman–Crippen LogP) is 6.79. The Labute approximate surface area is 254 Å². The molecule has 2 aromatic heterocycles. The first-order valence-corrected chi connectivity index (χ1v) is 14.8. The molecule has 6 aromatic rings. The van der Waals surface area contributed by atoms with Gasteiger partial charge in [-0.15, -0.1) is 0 Å². The minimum atomic E-state index is -0.217. The van der Waals surface area contributed by atoms with Gasteiger partial charge in [0.05, 0.1) is 6.10 Å². The first kappa shape index (κ1) is 27.5. The van der Waals surface area contributed by atoms with Gasteiger partial charge in [-0.1, -0.05) is 18.2 Å². The van der Waals surface area contributed by atoms with Crippen molar-refractivity contribution in [1.82, 2.24) is 9.55 Å². The third kappa shape index (κ3) is 5.43. The van der Waals surface area contributed by atoms with E-state index >= 15 is 0 Å². The molecular formula is C36H33N5O3. The number of anilines is 3. The maximum Gasteiger partial charge on any atom is 0.255 e. The van der Waals surface area contributed by atoms with Crippen molar-refractivity contribution < 1.29 is 14.7 Å². The van der Waals surface area contributed by atoms with Crippen molar-refractivity contribution in [2.45, 2.75) is 18.9 Å². The SMILES string of the molecule is Cn1ccc2cc(NC(=O)c3ccc(-c4c[nH]c5cc(NC(=O)c6ccc(N7CCC(O)CC7)cc6)ccc45)cc3)ccc21. The maximum absolute atomic E-state index is 13.0. The van der Waals surface area contributed by atoms with E-state index in [1.165, 1.54) is 0 Å². The summed E-state index contributed by atoms with van der Waals surface area (Å²) in [5.41, 5.74) is 7.70. The normalized spacial score (nSPS) is 13.8. The van der Waals surface area contributed by atoms with E-state index < -0.39 is 0 Å². The van der Waals surface area contributed by atoms with Crippen LogP contribution in [0.1, 0.15) is 33.6 Å². The van der Waals surface area contributed by atoms with Crippen molar-refractivity contribution in [3.05, 3.63) is 115 Å². The second-order valence-electron chi connectivity index (χ2n) is 11.4. The third-order valence-electron chi connectivity index (χ3n) is 8.50. The van der Waals surface area contributed by atoms with Crippen LogP contribution in [0, 0.1) is 0 Å². The Morgan fingerprint density at radius 2 is 1.43 bits per heavy atom. The van der Waals surface area contributed by atoms with Crippen LogP contribution in [-0.2, 0) is 7.05 Å². The molecule has 1 saturated heterocycles. The fraction of sp³-hybridized carbons (Fsp3) is 0.167. The fourth-order valence-corrected chi connectivity index (χ4v) is 5.96. The standard InChI is InChI=1S/C36H33N5O3/c1-40-17-14-26-20-27(9-13-34(26)40)38-35(43)24-4-2-23(3-5-24)32-22-37-33-21-28(8-12-31(32)33)39-36(44)25-6-10-29(11-7-25)41-18-15-30(42)16-19-41/h2-14,17,20-22,30,37,42H,15-16,18-19H2,1H3,(H,38,43)(H,39,44). The van der Waals surface area contributed by atoms with E-state index in [4.69, 9.17) is 0 Å². The van der Waals surface area contributed by atoms with Gasteiger partial charge in [0.25, 0.3) is 11.8 Å². The Hall–Kier alpha value is -5.34. The summed E-state index contributed by atoms with van der Waals surface area (Å²) in [4.78, 5) is 31.4. The minimum Gasteiger partial charge on any atom is -0.393 e. The summed E-state index contributed by atoms with van der Waals surface area (Å²) in [7, 11) is 2.00. The van der Waals surface area contributed by atoms with Crippen molar-refractivity contribution in [2.75, 3.05) is 28.6 Å². The topological polar surface area (TPSA) is 102 Å². The van der Waals surface area contributed by atoms with Gasteiger partial charge in [-0.2, -0.15) is 0 Å². The molecule has 0 aliphatic carbocycles. The highest BCUT2D eigenvalue weighted by Gasteiger charge is 2.18. The number of aromatic nitrogens is 2. The van der Waals surface area contributed by atoms with Crippen molar-refractivity contribution in [2.24, 2.45) is 7.05 Å². The molecule has 44 heavy (non-hydrogen) atoms. The summed E-state index contributed by atoms with van der Waals surface area (Å²) in [6.45, 7) is 1.63. The number of rotatable bonds is 6. The van der Waals surface area contributed by atoms with E-state index in [0.717, 1.165) is 70.2 Å². The number of hydrogen-bond acceptors (Lipinski definition) is 4. The number of nitrogens with one attached hydrogen (secondary N) is 3. The zero-order valence-electron chi connectivity index (χ0n) is 24.4. The number of benzene rings is 4. The number of H-pyrrole nitrogens is 1. The molecule has 8 heteroatoms. The molecule has 7 rings (SSSR count). The first-order valence-electron chi connectivity index (χ1n) is 14.8. The summed E-state index contributed by atoms with van der Waals surface area (Å²) >= 11 is 0. The van der Waals surface area contributed by atoms with Crippen LogP contribution in [0.3, 0.4) is 0 Å². The molecule has 0 radical (unpaired) electrons. The number of aromatic amines is 1. The number of amides is 2. The molecule has 0 bridgehead atoms. The van der Waals surface area contributed by atoms with Crippen molar-refractivity contribution in [3.8, 4) is 11.1 Å². The summed E-state index contributed by atoms with van der Waals surface area (Å²) in [5.74, 6) is -0.332. The van der Waals surface area contributed by atoms with Gasteiger partial charge in [-0.25, -0.2) is 0 Å². The van der Waals surface area contributed by atoms with Gasteiger partial charge in [-0.3, -0.25) is 9.59 Å². The lowest BCUT2D eigenvalue weighted by Gasteiger charge is -2.31. The minimum absolute atomic E-state index is 0.160. The van der Waals surface area contributed by atoms with Crippen LogP contribution < -0.4 is 15.5 Å². The van der Waals surface area contributed by atoms with Crippen molar-refractivity contribution in [3.63, 3.8) is 0 Å². The zero-order chi connectivity index (χ0) is 30.2. The Balaban J connectivity index is 1.01. The second kappa shape index (κ2) is 11.4. The van der Waals surface area contributed by atoms with Crippen molar-refractivity contribution >= 4 is 50.7 Å². The number of carbonyl (C=O) groups is 2. The lowest BCUT2D eigenvalue weighted by molar-refractivity contribution is 0.101. The number of nitrogens with zero attached hydrogens (tertiary/aromatic N) is 2. The molecule has 4 aromatic carbocycles. The van der Waals surface area contributed by atoms with Crippen LogP contribution in [0.4, 0.5) is 17.1 Å². The highest BCUT2D eigenvalue weighted by molar-refractivity contribution is 6.07. The maximum atomic E-state index is 13.0. The van der Waals surface area contributed by atoms with Gasteiger partial charge in [0, 0.05) is 88.1 Å². The molecule has 220 valence electrons. The lowest BCUT2D eigenvalue weighted by Crippen LogP contribution is -2.35. The highest BCUT2D eigenvalue weighted by Crippen LogP contribution is 2.31. The van der Waals surface area contributed by atoms with Crippen LogP contribution in [0.5, 0.6) is 0 Å². The molecule has 8 nitrogen and oxygen atoms in total. The molecular weight excluding hydrogens is 550 g/mol. The third-order valence-corrected chi connectivity index (χ3v) is 8.50. The number of aryl methyl sites for hydroxylation is 1. The summed E-state index contributed by atoms with van der Waals surface area (Å²) in [5, 5.41) is 17.9. The predicted molar refractivity (Wildman–Crippen MR) is 176 cm³/mol. The van der Waals surface area contributed by atoms with E-state index in [-0.39, 0.29) is 17.9 Å². The molecule has 0 atom stereocenters. The van der Waals surface area contributed by atoms with E-state index in [9.17, 15) is 14.7 Å². The molecule has 0 saturated carbocycles. The second-order valence-corrected chi connectivity index (χ2v) is 11.4. The average molecular weight is 584 g/mol. The van der Waals surface area contributed by atoms with Crippen LogP contribution in [0.2, 0.25) is 0 Å². The summed E-state index contributed by atoms with van der Waals surface area (Å²) in [6, 6.07) is 28.9. The number of aliphatic hydroxyl groups is 1. The fourth-order valence-electron chi connectivity index (χ4n) is 5.96. The molecule has 1 aliphatic heterocycles. The first-order chi connectivity index (χ1) is 21.4. The largest absolute Gasteiger partial charge is 0.393 e. The monoisotopic (exact) mass is 583 g/mol. The van der Waals surface area contributed by atoms with Crippen molar-refractivity contribution in [1.29, 1.82) is 0 Å². The van der Waals surface area contributed by atoms with Gasteiger partial charge >= 0.3 is 0 Å². The summed E-state index contributed by atoms with van der Waals surface area (Å²) < 4.78 is 2.05. The quantitative estimate of drug-likeness (QED) is 0.173. The Morgan fingerprint density at radius 3 is 2.14 bits per heavy atom. The van der Waals surface area contributed by atoms with Crippen LogP contribution in [0.25, 0.3) is 32.9 Å². The van der Waals surface area contributed by atoms with E-state index in [2.05, 4.69) is 20.5 Å². The van der Waals surface area contributed by atoms with E-state index in [1.807, 2.05) is 115 Å². The molecule has 0 spiro atoms. The van der Waals surface area contributed by atoms with E-state index in [0.29, 0.717) is 16.8 Å². The van der Waals surface area contributed by atoms with Gasteiger partial charge in [-0.05, 0) is 91.2 Å². The van der Waals surface area contributed by atoms with Gasteiger partial charge in [0.15, 0.2) is 0 Å². The Bertz CT molecular complexity index is 1980. The van der Waals surface area contributed by atoms with Crippen LogP contribution in [-0.4, -0.2) is 45.7 Å². The summed E-state index contributed by atoms with van der Waals surface area (Å²) in [6.07, 6.45) is 5.26. The Kier molecular flexibility index (Phi) is 7.12. The van der Waals surface area contributed by atoms with Crippen LogP contribution in [0.15, 0.2) is 103 Å². The molecule has 0 unspecified atom stereocenters. The molecule has 1 fully saturated rings. The Morgan fingerprint density at radius 1 is 0.795 bits per heavy atom. The van der Waals surface area contributed by atoms with E-state index in [1.54, 1.807) is 0 Å².